The van der Waals surface area contributed by atoms with Gasteiger partial charge in [-0.3, -0.25) is 4.98 Å². The molecule has 2 aromatic heterocycles. The second-order valence-electron chi connectivity index (χ2n) is 4.87. The largest absolute Gasteiger partial charge is 0.349 e. The van der Waals surface area contributed by atoms with Crippen LogP contribution in [0.1, 0.15) is 11.1 Å². The van der Waals surface area contributed by atoms with Crippen molar-refractivity contribution in [1.82, 2.24) is 20.2 Å². The molecular formula is C16H16N6. The van der Waals surface area contributed by atoms with Gasteiger partial charge >= 0.3 is 0 Å². The van der Waals surface area contributed by atoms with Gasteiger partial charge in [0.2, 0.25) is 5.95 Å². The van der Waals surface area contributed by atoms with E-state index in [4.69, 9.17) is 0 Å². The quantitative estimate of drug-likeness (QED) is 0.753. The van der Waals surface area contributed by atoms with Gasteiger partial charge in [-0.2, -0.15) is 10.1 Å². The van der Waals surface area contributed by atoms with E-state index in [0.717, 1.165) is 11.3 Å². The molecule has 0 aliphatic rings. The molecule has 0 spiro atoms. The van der Waals surface area contributed by atoms with Crippen LogP contribution in [0.3, 0.4) is 0 Å². The SMILES string of the molecule is Cc1cccc(Nc2cnnc(NCc3ccncc3)n2)c1. The van der Waals surface area contributed by atoms with Crippen LogP contribution in [0.4, 0.5) is 17.5 Å². The van der Waals surface area contributed by atoms with Gasteiger partial charge < -0.3 is 10.6 Å². The van der Waals surface area contributed by atoms with Crippen molar-refractivity contribution in [1.29, 1.82) is 0 Å². The summed E-state index contributed by atoms with van der Waals surface area (Å²) in [5, 5.41) is 14.3. The first kappa shape index (κ1) is 13.9. The molecule has 0 saturated carbocycles. The number of pyridine rings is 1. The van der Waals surface area contributed by atoms with Crippen molar-refractivity contribution in [3.8, 4) is 0 Å². The second-order valence-corrected chi connectivity index (χ2v) is 4.87. The van der Waals surface area contributed by atoms with Gasteiger partial charge in [0.1, 0.15) is 0 Å². The number of rotatable bonds is 5. The van der Waals surface area contributed by atoms with E-state index in [1.54, 1.807) is 18.6 Å². The first-order chi connectivity index (χ1) is 10.8. The summed E-state index contributed by atoms with van der Waals surface area (Å²) in [5.41, 5.74) is 3.26. The maximum absolute atomic E-state index is 4.40. The summed E-state index contributed by atoms with van der Waals surface area (Å²) in [7, 11) is 0. The number of hydrogen-bond donors (Lipinski definition) is 2. The van der Waals surface area contributed by atoms with E-state index in [1.165, 1.54) is 5.56 Å². The van der Waals surface area contributed by atoms with Gasteiger partial charge in [0, 0.05) is 24.6 Å². The molecule has 6 heteroatoms. The lowest BCUT2D eigenvalue weighted by Gasteiger charge is -2.08. The summed E-state index contributed by atoms with van der Waals surface area (Å²) in [5.74, 6) is 1.13. The molecule has 2 N–H and O–H groups in total. The summed E-state index contributed by atoms with van der Waals surface area (Å²) in [6, 6.07) is 12.0. The van der Waals surface area contributed by atoms with Crippen molar-refractivity contribution < 1.29 is 0 Å². The Labute approximate surface area is 128 Å². The van der Waals surface area contributed by atoms with Crippen LogP contribution in [0.5, 0.6) is 0 Å². The van der Waals surface area contributed by atoms with E-state index in [2.05, 4.69) is 30.8 Å². The van der Waals surface area contributed by atoms with Crippen LogP contribution in [-0.4, -0.2) is 20.2 Å². The summed E-state index contributed by atoms with van der Waals surface area (Å²) < 4.78 is 0. The Morgan fingerprint density at radius 3 is 2.77 bits per heavy atom. The molecule has 22 heavy (non-hydrogen) atoms. The van der Waals surface area contributed by atoms with Crippen molar-refractivity contribution in [2.45, 2.75) is 13.5 Å². The minimum atomic E-state index is 0.481. The third-order valence-corrected chi connectivity index (χ3v) is 3.05. The Bertz CT molecular complexity index is 744. The van der Waals surface area contributed by atoms with Crippen LogP contribution < -0.4 is 10.6 Å². The van der Waals surface area contributed by atoms with E-state index in [-0.39, 0.29) is 0 Å². The van der Waals surface area contributed by atoms with E-state index in [1.807, 2.05) is 43.3 Å². The fraction of sp³-hybridized carbons (Fsp3) is 0.125. The maximum Gasteiger partial charge on any atom is 0.244 e. The van der Waals surface area contributed by atoms with Crippen LogP contribution in [0, 0.1) is 6.92 Å². The summed E-state index contributed by atoms with van der Waals surface area (Å²) in [6.07, 6.45) is 5.11. The fourth-order valence-corrected chi connectivity index (χ4v) is 1.99. The van der Waals surface area contributed by atoms with E-state index >= 15 is 0 Å². The van der Waals surface area contributed by atoms with Crippen molar-refractivity contribution in [3.63, 3.8) is 0 Å². The number of benzene rings is 1. The highest BCUT2D eigenvalue weighted by atomic mass is 15.3. The maximum atomic E-state index is 4.40. The zero-order valence-corrected chi connectivity index (χ0v) is 12.2. The first-order valence-corrected chi connectivity index (χ1v) is 6.96. The first-order valence-electron chi connectivity index (χ1n) is 6.96. The predicted octanol–water partition coefficient (Wildman–Crippen LogP) is 2.93. The van der Waals surface area contributed by atoms with Gasteiger partial charge in [-0.05, 0) is 42.3 Å². The van der Waals surface area contributed by atoms with Gasteiger partial charge in [0.25, 0.3) is 0 Å². The lowest BCUT2D eigenvalue weighted by molar-refractivity contribution is 0.948. The van der Waals surface area contributed by atoms with Gasteiger partial charge in [-0.1, -0.05) is 12.1 Å². The van der Waals surface area contributed by atoms with Crippen molar-refractivity contribution in [3.05, 3.63) is 66.1 Å². The number of hydrogen-bond acceptors (Lipinski definition) is 6. The standard InChI is InChI=1S/C16H16N6/c1-12-3-2-4-14(9-12)20-15-11-19-22-16(21-15)18-10-13-5-7-17-8-6-13/h2-9,11H,10H2,1H3,(H2,18,20,21,22). The molecule has 1 aromatic carbocycles. The molecule has 0 saturated heterocycles. The highest BCUT2D eigenvalue weighted by Crippen LogP contribution is 2.15. The van der Waals surface area contributed by atoms with Gasteiger partial charge in [0.05, 0.1) is 6.20 Å². The number of aromatic nitrogens is 4. The van der Waals surface area contributed by atoms with Gasteiger partial charge in [-0.25, -0.2) is 0 Å². The Morgan fingerprint density at radius 1 is 1.09 bits per heavy atom. The van der Waals surface area contributed by atoms with Crippen LogP contribution >= 0.6 is 0 Å². The van der Waals surface area contributed by atoms with Crippen LogP contribution in [0.25, 0.3) is 0 Å². The molecule has 0 amide bonds. The summed E-state index contributed by atoms with van der Waals surface area (Å²) >= 11 is 0. The van der Waals surface area contributed by atoms with Crippen molar-refractivity contribution >= 4 is 17.5 Å². The van der Waals surface area contributed by atoms with Crippen LogP contribution in [0.2, 0.25) is 0 Å². The molecule has 2 heterocycles. The van der Waals surface area contributed by atoms with Crippen molar-refractivity contribution in [2.24, 2.45) is 0 Å². The fourth-order valence-electron chi connectivity index (χ4n) is 1.99. The molecule has 110 valence electrons. The average molecular weight is 292 g/mol. The van der Waals surface area contributed by atoms with E-state index < -0.39 is 0 Å². The van der Waals surface area contributed by atoms with E-state index in [9.17, 15) is 0 Å². The van der Waals surface area contributed by atoms with Gasteiger partial charge in [-0.15, -0.1) is 5.10 Å². The Balaban J connectivity index is 1.67. The third-order valence-electron chi connectivity index (χ3n) is 3.05. The highest BCUT2D eigenvalue weighted by Gasteiger charge is 2.01. The predicted molar refractivity (Wildman–Crippen MR) is 85.9 cm³/mol. The minimum absolute atomic E-state index is 0.481. The molecule has 3 aromatic rings. The number of nitrogens with zero attached hydrogens (tertiary/aromatic N) is 4. The molecule has 0 fully saturated rings. The van der Waals surface area contributed by atoms with Crippen LogP contribution in [-0.2, 0) is 6.54 Å². The van der Waals surface area contributed by atoms with Gasteiger partial charge in [0.15, 0.2) is 5.82 Å². The molecule has 0 bridgehead atoms. The molecule has 3 rings (SSSR count). The van der Waals surface area contributed by atoms with Crippen molar-refractivity contribution in [2.75, 3.05) is 10.6 Å². The zero-order chi connectivity index (χ0) is 15.2. The Hall–Kier alpha value is -3.02. The van der Waals surface area contributed by atoms with Crippen LogP contribution in [0.15, 0.2) is 55.0 Å². The normalized spacial score (nSPS) is 10.2. The molecule has 6 nitrogen and oxygen atoms in total. The van der Waals surface area contributed by atoms with E-state index in [0.29, 0.717) is 18.3 Å². The monoisotopic (exact) mass is 292 g/mol. The topological polar surface area (TPSA) is 75.6 Å². The molecule has 0 unspecified atom stereocenters. The molecule has 0 atom stereocenters. The lowest BCUT2D eigenvalue weighted by atomic mass is 10.2. The Kier molecular flexibility index (Phi) is 4.20. The molecular weight excluding hydrogens is 276 g/mol. The smallest absolute Gasteiger partial charge is 0.244 e. The minimum Gasteiger partial charge on any atom is -0.349 e. The summed E-state index contributed by atoms with van der Waals surface area (Å²) in [4.78, 5) is 8.39. The summed E-state index contributed by atoms with van der Waals surface area (Å²) in [6.45, 7) is 2.67. The zero-order valence-electron chi connectivity index (χ0n) is 12.2. The average Bonchev–Trinajstić information content (AvgIpc) is 2.54. The number of aryl methyl sites for hydroxylation is 1. The third kappa shape index (κ3) is 3.76. The second kappa shape index (κ2) is 6.62. The molecule has 0 aliphatic heterocycles. The highest BCUT2D eigenvalue weighted by molar-refractivity contribution is 5.56. The number of nitrogens with one attached hydrogen (secondary N) is 2. The number of anilines is 3. The molecule has 0 radical (unpaired) electrons. The lowest BCUT2D eigenvalue weighted by Crippen LogP contribution is -2.06. The molecule has 0 aliphatic carbocycles. The Morgan fingerprint density at radius 2 is 1.95 bits per heavy atom.